The summed E-state index contributed by atoms with van der Waals surface area (Å²) in [4.78, 5) is 25.3. The van der Waals surface area contributed by atoms with Crippen molar-refractivity contribution in [2.24, 2.45) is 5.73 Å². The Bertz CT molecular complexity index is 527. The number of benzene rings is 1. The Labute approximate surface area is 112 Å². The molecule has 1 aromatic carbocycles. The molecule has 0 aliphatic carbocycles. The van der Waals surface area contributed by atoms with Gasteiger partial charge in [-0.15, -0.1) is 0 Å². The maximum absolute atomic E-state index is 12.2. The van der Waals surface area contributed by atoms with Gasteiger partial charge in [0.05, 0.1) is 11.7 Å². The predicted octanol–water partition coefficient (Wildman–Crippen LogP) is 1.24. The molecule has 5 heteroatoms. The zero-order chi connectivity index (χ0) is 14.2. The minimum absolute atomic E-state index is 0.0590. The number of hydrogen-bond donors (Lipinski definition) is 1. The number of fused-ring (bicyclic) bond motifs is 1. The largest absolute Gasteiger partial charge is 0.479 e. The third kappa shape index (κ3) is 2.33. The lowest BCUT2D eigenvalue weighted by molar-refractivity contribution is -0.128. The van der Waals surface area contributed by atoms with Gasteiger partial charge in [0, 0.05) is 6.54 Å². The van der Waals surface area contributed by atoms with E-state index in [1.807, 2.05) is 12.1 Å². The third-order valence-corrected chi connectivity index (χ3v) is 3.38. The van der Waals surface area contributed by atoms with E-state index in [4.69, 9.17) is 10.5 Å². The van der Waals surface area contributed by atoms with Crippen LogP contribution in [0.15, 0.2) is 18.2 Å². The minimum Gasteiger partial charge on any atom is -0.479 e. The minimum atomic E-state index is -0.595. The highest BCUT2D eigenvalue weighted by Gasteiger charge is 2.35. The molecule has 2 rings (SSSR count). The van der Waals surface area contributed by atoms with E-state index in [1.165, 1.54) is 11.8 Å². The monoisotopic (exact) mass is 262 g/mol. The van der Waals surface area contributed by atoms with Crippen LogP contribution >= 0.6 is 0 Å². The second kappa shape index (κ2) is 5.01. The van der Waals surface area contributed by atoms with Crippen LogP contribution < -0.4 is 15.4 Å². The fourth-order valence-corrected chi connectivity index (χ4v) is 2.12. The van der Waals surface area contributed by atoms with Gasteiger partial charge < -0.3 is 10.5 Å². The Balaban J connectivity index is 2.50. The number of carbonyl (C=O) groups excluding carboxylic acids is 2. The van der Waals surface area contributed by atoms with Gasteiger partial charge in [0.1, 0.15) is 5.75 Å². The van der Waals surface area contributed by atoms with Crippen molar-refractivity contribution in [1.29, 1.82) is 0 Å². The van der Waals surface area contributed by atoms with E-state index in [0.717, 1.165) is 5.56 Å². The van der Waals surface area contributed by atoms with Crippen LogP contribution in [0.3, 0.4) is 0 Å². The Hall–Kier alpha value is -1.88. The van der Waals surface area contributed by atoms with Gasteiger partial charge in [-0.1, -0.05) is 6.07 Å². The number of nitrogens with zero attached hydrogens (tertiary/aromatic N) is 1. The maximum Gasteiger partial charge on any atom is 0.268 e. The summed E-state index contributed by atoms with van der Waals surface area (Å²) < 4.78 is 5.59. The number of nitrogens with two attached hydrogens (primary N) is 1. The molecule has 19 heavy (non-hydrogen) atoms. The van der Waals surface area contributed by atoms with Gasteiger partial charge in [-0.25, -0.2) is 0 Å². The molecule has 1 heterocycles. The molecule has 0 saturated heterocycles. The van der Waals surface area contributed by atoms with Gasteiger partial charge in [-0.05, 0) is 38.5 Å². The standard InChI is InChI=1S/C14H18N2O3/c1-8(9(2)17)16-12-5-4-11(7-15)6-13(12)19-10(3)14(16)18/h4-6,8,10H,7,15H2,1-3H3. The molecule has 0 saturated carbocycles. The molecular weight excluding hydrogens is 244 g/mol. The number of ketones is 1. The van der Waals surface area contributed by atoms with Crippen molar-refractivity contribution in [3.05, 3.63) is 23.8 Å². The smallest absolute Gasteiger partial charge is 0.268 e. The quantitative estimate of drug-likeness (QED) is 0.889. The molecule has 0 bridgehead atoms. The number of hydrogen-bond acceptors (Lipinski definition) is 4. The van der Waals surface area contributed by atoms with E-state index in [2.05, 4.69) is 0 Å². The van der Waals surface area contributed by atoms with Crippen LogP contribution in [0.1, 0.15) is 26.3 Å². The number of anilines is 1. The average Bonchev–Trinajstić information content (AvgIpc) is 2.39. The molecule has 1 aromatic rings. The summed E-state index contributed by atoms with van der Waals surface area (Å²) in [5.41, 5.74) is 7.15. The second-order valence-corrected chi connectivity index (χ2v) is 4.76. The summed E-state index contributed by atoms with van der Waals surface area (Å²) >= 11 is 0. The molecule has 0 spiro atoms. The lowest BCUT2D eigenvalue weighted by Gasteiger charge is -2.36. The molecule has 1 amide bonds. The molecule has 1 aliphatic heterocycles. The third-order valence-electron chi connectivity index (χ3n) is 3.38. The number of amides is 1. The first-order chi connectivity index (χ1) is 8.95. The van der Waals surface area contributed by atoms with Gasteiger partial charge in [-0.2, -0.15) is 0 Å². The molecule has 2 unspecified atom stereocenters. The normalized spacial score (nSPS) is 19.7. The van der Waals surface area contributed by atoms with Crippen LogP contribution in [0.25, 0.3) is 0 Å². The van der Waals surface area contributed by atoms with Gasteiger partial charge in [0.2, 0.25) is 0 Å². The van der Waals surface area contributed by atoms with Crippen LogP contribution in [0.4, 0.5) is 5.69 Å². The van der Waals surface area contributed by atoms with E-state index in [9.17, 15) is 9.59 Å². The number of ether oxygens (including phenoxy) is 1. The summed E-state index contributed by atoms with van der Waals surface area (Å²) in [5, 5.41) is 0. The number of carbonyl (C=O) groups is 2. The van der Waals surface area contributed by atoms with Gasteiger partial charge >= 0.3 is 0 Å². The highest BCUT2D eigenvalue weighted by molar-refractivity contribution is 6.05. The molecule has 102 valence electrons. The number of rotatable bonds is 3. The van der Waals surface area contributed by atoms with Crippen LogP contribution in [0.5, 0.6) is 5.75 Å². The van der Waals surface area contributed by atoms with Crippen molar-refractivity contribution in [3.8, 4) is 5.75 Å². The first-order valence-electron chi connectivity index (χ1n) is 6.29. The highest BCUT2D eigenvalue weighted by Crippen LogP contribution is 2.36. The first-order valence-corrected chi connectivity index (χ1v) is 6.29. The van der Waals surface area contributed by atoms with Gasteiger partial charge in [0.25, 0.3) is 5.91 Å². The van der Waals surface area contributed by atoms with Crippen molar-refractivity contribution in [3.63, 3.8) is 0 Å². The van der Waals surface area contributed by atoms with Crippen molar-refractivity contribution >= 4 is 17.4 Å². The molecule has 2 N–H and O–H groups in total. The van der Waals surface area contributed by atoms with Crippen LogP contribution in [0.2, 0.25) is 0 Å². The zero-order valence-electron chi connectivity index (χ0n) is 11.3. The topological polar surface area (TPSA) is 72.6 Å². The van der Waals surface area contributed by atoms with E-state index in [1.54, 1.807) is 19.9 Å². The molecular formula is C14H18N2O3. The van der Waals surface area contributed by atoms with Crippen LogP contribution in [-0.2, 0) is 16.1 Å². The summed E-state index contributed by atoms with van der Waals surface area (Å²) in [7, 11) is 0. The molecule has 1 aliphatic rings. The van der Waals surface area contributed by atoms with Crippen LogP contribution in [0, 0.1) is 0 Å². The van der Waals surface area contributed by atoms with Crippen molar-refractivity contribution in [1.82, 2.24) is 0 Å². The number of Topliss-reactive ketones (excluding diaryl/α,β-unsaturated/α-hetero) is 1. The van der Waals surface area contributed by atoms with E-state index in [-0.39, 0.29) is 11.7 Å². The highest BCUT2D eigenvalue weighted by atomic mass is 16.5. The summed E-state index contributed by atoms with van der Waals surface area (Å²) in [5.74, 6) is 0.343. The van der Waals surface area contributed by atoms with Crippen molar-refractivity contribution in [2.75, 3.05) is 4.90 Å². The summed E-state index contributed by atoms with van der Waals surface area (Å²) in [6.07, 6.45) is -0.595. The van der Waals surface area contributed by atoms with E-state index >= 15 is 0 Å². The fraction of sp³-hybridized carbons (Fsp3) is 0.429. The first kappa shape index (κ1) is 13.5. The fourth-order valence-electron chi connectivity index (χ4n) is 2.12. The summed E-state index contributed by atoms with van der Waals surface area (Å²) in [6.45, 7) is 5.28. The lowest BCUT2D eigenvalue weighted by Crippen LogP contribution is -2.51. The second-order valence-electron chi connectivity index (χ2n) is 4.76. The molecule has 0 radical (unpaired) electrons. The van der Waals surface area contributed by atoms with E-state index in [0.29, 0.717) is 18.0 Å². The molecule has 2 atom stereocenters. The van der Waals surface area contributed by atoms with Crippen molar-refractivity contribution in [2.45, 2.75) is 39.5 Å². The maximum atomic E-state index is 12.2. The Morgan fingerprint density at radius 3 is 2.79 bits per heavy atom. The lowest BCUT2D eigenvalue weighted by atomic mass is 10.1. The Kier molecular flexibility index (Phi) is 3.57. The zero-order valence-corrected chi connectivity index (χ0v) is 11.3. The van der Waals surface area contributed by atoms with E-state index < -0.39 is 12.1 Å². The average molecular weight is 262 g/mol. The van der Waals surface area contributed by atoms with Gasteiger partial charge in [0.15, 0.2) is 11.9 Å². The molecule has 0 fully saturated rings. The summed E-state index contributed by atoms with van der Waals surface area (Å²) in [6, 6.07) is 4.94. The van der Waals surface area contributed by atoms with Gasteiger partial charge in [-0.3, -0.25) is 14.5 Å². The van der Waals surface area contributed by atoms with Crippen molar-refractivity contribution < 1.29 is 14.3 Å². The SMILES string of the molecule is CC(=O)C(C)N1C(=O)C(C)Oc2cc(CN)ccc21. The Morgan fingerprint density at radius 2 is 2.21 bits per heavy atom. The Morgan fingerprint density at radius 1 is 1.53 bits per heavy atom. The predicted molar refractivity (Wildman–Crippen MR) is 72.1 cm³/mol. The van der Waals surface area contributed by atoms with Crippen LogP contribution in [-0.4, -0.2) is 23.8 Å². The molecule has 0 aromatic heterocycles. The molecule has 5 nitrogen and oxygen atoms in total.